The standard InChI is InChI=1S/C26H27N3O3/c1-20-7-6-14-28-18-23(27-25(20)28)19-32-24-12-10-22(11-13-24)26(30)29(15-16-31-2)17-21-8-4-3-5-9-21/h3-14,18H,15-17,19H2,1-2H3. The number of aryl methyl sites for hydroxylation is 1. The third kappa shape index (κ3) is 5.15. The first-order chi connectivity index (χ1) is 15.6. The first kappa shape index (κ1) is 21.6. The second kappa shape index (κ2) is 10.1. The third-order valence-corrected chi connectivity index (χ3v) is 5.28. The van der Waals surface area contributed by atoms with Crippen LogP contribution < -0.4 is 4.74 Å². The second-order valence-electron chi connectivity index (χ2n) is 7.67. The average molecular weight is 430 g/mol. The van der Waals surface area contributed by atoms with Gasteiger partial charge in [0.1, 0.15) is 18.0 Å². The van der Waals surface area contributed by atoms with Crippen LogP contribution in [-0.2, 0) is 17.9 Å². The van der Waals surface area contributed by atoms with E-state index >= 15 is 0 Å². The Kier molecular flexibility index (Phi) is 6.82. The van der Waals surface area contributed by atoms with Crippen LogP contribution in [-0.4, -0.2) is 40.5 Å². The molecule has 1 amide bonds. The Labute approximate surface area is 188 Å². The summed E-state index contributed by atoms with van der Waals surface area (Å²) in [6.45, 7) is 3.95. The Hall–Kier alpha value is -3.64. The fourth-order valence-corrected chi connectivity index (χ4v) is 3.57. The van der Waals surface area contributed by atoms with E-state index in [0.29, 0.717) is 37.6 Å². The zero-order chi connectivity index (χ0) is 22.3. The highest BCUT2D eigenvalue weighted by Crippen LogP contribution is 2.17. The Morgan fingerprint density at radius 3 is 2.53 bits per heavy atom. The summed E-state index contributed by atoms with van der Waals surface area (Å²) in [7, 11) is 1.64. The van der Waals surface area contributed by atoms with Gasteiger partial charge in [-0.1, -0.05) is 36.4 Å². The molecular weight excluding hydrogens is 402 g/mol. The van der Waals surface area contributed by atoms with Gasteiger partial charge in [-0.05, 0) is 48.4 Å². The van der Waals surface area contributed by atoms with Gasteiger partial charge in [0.05, 0.1) is 12.3 Å². The number of fused-ring (bicyclic) bond motifs is 1. The zero-order valence-electron chi connectivity index (χ0n) is 18.4. The second-order valence-corrected chi connectivity index (χ2v) is 7.67. The lowest BCUT2D eigenvalue weighted by Gasteiger charge is -2.23. The van der Waals surface area contributed by atoms with E-state index in [1.165, 1.54) is 0 Å². The highest BCUT2D eigenvalue weighted by Gasteiger charge is 2.16. The third-order valence-electron chi connectivity index (χ3n) is 5.28. The quantitative estimate of drug-likeness (QED) is 0.393. The molecule has 0 aliphatic rings. The van der Waals surface area contributed by atoms with Crippen molar-refractivity contribution in [2.45, 2.75) is 20.1 Å². The minimum atomic E-state index is -0.0340. The predicted octanol–water partition coefficient (Wildman–Crippen LogP) is 4.51. The van der Waals surface area contributed by atoms with Gasteiger partial charge in [0.15, 0.2) is 0 Å². The topological polar surface area (TPSA) is 56.1 Å². The number of hydrogen-bond donors (Lipinski definition) is 0. The molecule has 0 unspecified atom stereocenters. The summed E-state index contributed by atoms with van der Waals surface area (Å²) in [6, 6.07) is 21.3. The molecule has 2 aromatic carbocycles. The number of carbonyl (C=O) groups excluding carboxylic acids is 1. The van der Waals surface area contributed by atoms with Gasteiger partial charge in [0, 0.05) is 38.2 Å². The maximum absolute atomic E-state index is 13.1. The molecule has 32 heavy (non-hydrogen) atoms. The minimum absolute atomic E-state index is 0.0340. The molecule has 0 spiro atoms. The van der Waals surface area contributed by atoms with Crippen molar-refractivity contribution in [2.24, 2.45) is 0 Å². The number of ether oxygens (including phenoxy) is 2. The van der Waals surface area contributed by atoms with Gasteiger partial charge in [-0.15, -0.1) is 0 Å². The number of carbonyl (C=O) groups is 1. The normalized spacial score (nSPS) is 10.9. The van der Waals surface area contributed by atoms with E-state index in [4.69, 9.17) is 9.47 Å². The molecule has 0 saturated carbocycles. The molecule has 0 N–H and O–H groups in total. The Bertz CT molecular complexity index is 1170. The molecule has 0 aliphatic heterocycles. The van der Waals surface area contributed by atoms with E-state index < -0.39 is 0 Å². The molecule has 4 rings (SSSR count). The van der Waals surface area contributed by atoms with Crippen LogP contribution in [0.2, 0.25) is 0 Å². The van der Waals surface area contributed by atoms with Crippen molar-refractivity contribution in [3.63, 3.8) is 0 Å². The lowest BCUT2D eigenvalue weighted by molar-refractivity contribution is 0.0680. The summed E-state index contributed by atoms with van der Waals surface area (Å²) in [5.41, 5.74) is 4.61. The van der Waals surface area contributed by atoms with E-state index in [1.807, 2.05) is 78.3 Å². The number of hydrogen-bond acceptors (Lipinski definition) is 4. The maximum atomic E-state index is 13.1. The summed E-state index contributed by atoms with van der Waals surface area (Å²) in [4.78, 5) is 19.5. The molecule has 0 aliphatic carbocycles. The Balaban J connectivity index is 1.41. The summed E-state index contributed by atoms with van der Waals surface area (Å²) in [5.74, 6) is 0.662. The van der Waals surface area contributed by atoms with Crippen LogP contribution in [0.4, 0.5) is 0 Å². The molecule has 6 heteroatoms. The van der Waals surface area contributed by atoms with E-state index in [-0.39, 0.29) is 5.91 Å². The molecule has 2 heterocycles. The van der Waals surface area contributed by atoms with Gasteiger partial charge in [-0.3, -0.25) is 4.79 Å². The van der Waals surface area contributed by atoms with E-state index in [2.05, 4.69) is 4.98 Å². The summed E-state index contributed by atoms with van der Waals surface area (Å²) in [6.07, 6.45) is 3.95. The number of pyridine rings is 1. The smallest absolute Gasteiger partial charge is 0.254 e. The first-order valence-electron chi connectivity index (χ1n) is 10.6. The van der Waals surface area contributed by atoms with Crippen molar-refractivity contribution in [3.8, 4) is 5.75 Å². The van der Waals surface area contributed by atoms with Crippen LogP contribution >= 0.6 is 0 Å². The van der Waals surface area contributed by atoms with E-state index in [9.17, 15) is 4.79 Å². The molecule has 4 aromatic rings. The summed E-state index contributed by atoms with van der Waals surface area (Å²) < 4.78 is 13.1. The molecule has 6 nitrogen and oxygen atoms in total. The first-order valence-corrected chi connectivity index (χ1v) is 10.6. The summed E-state index contributed by atoms with van der Waals surface area (Å²) in [5, 5.41) is 0. The molecule has 0 atom stereocenters. The number of rotatable bonds is 9. The molecule has 164 valence electrons. The fourth-order valence-electron chi connectivity index (χ4n) is 3.57. The number of methoxy groups -OCH3 is 1. The van der Waals surface area contributed by atoms with Gasteiger partial charge in [-0.25, -0.2) is 4.98 Å². The van der Waals surface area contributed by atoms with Crippen LogP contribution in [0.1, 0.15) is 27.2 Å². The molecule has 0 saturated heterocycles. The summed E-state index contributed by atoms with van der Waals surface area (Å²) >= 11 is 0. The van der Waals surface area contributed by atoms with Crippen molar-refractivity contribution < 1.29 is 14.3 Å². The molecule has 0 bridgehead atoms. The van der Waals surface area contributed by atoms with Crippen LogP contribution in [0.3, 0.4) is 0 Å². The van der Waals surface area contributed by atoms with Crippen molar-refractivity contribution in [2.75, 3.05) is 20.3 Å². The van der Waals surface area contributed by atoms with Crippen molar-refractivity contribution in [3.05, 3.63) is 102 Å². The van der Waals surface area contributed by atoms with E-state index in [0.717, 1.165) is 22.5 Å². The van der Waals surface area contributed by atoms with Crippen molar-refractivity contribution in [1.29, 1.82) is 0 Å². The minimum Gasteiger partial charge on any atom is -0.487 e. The molecular formula is C26H27N3O3. The van der Waals surface area contributed by atoms with Crippen LogP contribution in [0, 0.1) is 6.92 Å². The predicted molar refractivity (Wildman–Crippen MR) is 124 cm³/mol. The van der Waals surface area contributed by atoms with Gasteiger partial charge in [0.25, 0.3) is 5.91 Å². The number of imidazole rings is 1. The largest absolute Gasteiger partial charge is 0.487 e. The molecule has 2 aromatic heterocycles. The molecule has 0 radical (unpaired) electrons. The monoisotopic (exact) mass is 429 g/mol. The molecule has 0 fully saturated rings. The number of nitrogens with zero attached hydrogens (tertiary/aromatic N) is 3. The van der Waals surface area contributed by atoms with Gasteiger partial charge in [-0.2, -0.15) is 0 Å². The van der Waals surface area contributed by atoms with E-state index in [1.54, 1.807) is 24.1 Å². The van der Waals surface area contributed by atoms with Gasteiger partial charge >= 0.3 is 0 Å². The number of benzene rings is 2. The van der Waals surface area contributed by atoms with Gasteiger partial charge in [0.2, 0.25) is 0 Å². The Morgan fingerprint density at radius 2 is 1.81 bits per heavy atom. The van der Waals surface area contributed by atoms with Crippen molar-refractivity contribution in [1.82, 2.24) is 14.3 Å². The van der Waals surface area contributed by atoms with Gasteiger partial charge < -0.3 is 18.8 Å². The zero-order valence-corrected chi connectivity index (χ0v) is 18.4. The fraction of sp³-hybridized carbons (Fsp3) is 0.231. The highest BCUT2D eigenvalue weighted by molar-refractivity contribution is 5.94. The van der Waals surface area contributed by atoms with Crippen LogP contribution in [0.5, 0.6) is 5.75 Å². The van der Waals surface area contributed by atoms with Crippen LogP contribution in [0.15, 0.2) is 79.1 Å². The lowest BCUT2D eigenvalue weighted by Crippen LogP contribution is -2.33. The number of amides is 1. The SMILES string of the molecule is COCCN(Cc1ccccc1)C(=O)c1ccc(OCc2cn3cccc(C)c3n2)cc1. The number of aromatic nitrogens is 2. The maximum Gasteiger partial charge on any atom is 0.254 e. The lowest BCUT2D eigenvalue weighted by atomic mass is 10.1. The van der Waals surface area contributed by atoms with Crippen molar-refractivity contribution >= 4 is 11.6 Å². The van der Waals surface area contributed by atoms with Crippen LogP contribution in [0.25, 0.3) is 5.65 Å². The highest BCUT2D eigenvalue weighted by atomic mass is 16.5. The Morgan fingerprint density at radius 1 is 1.03 bits per heavy atom. The average Bonchev–Trinajstić information content (AvgIpc) is 3.25.